The molecule has 3 heteroatoms. The summed E-state index contributed by atoms with van der Waals surface area (Å²) in [5, 5.41) is 2.60. The molecule has 2 aliphatic rings. The minimum absolute atomic E-state index is 0.0652. The molecule has 3 nitrogen and oxygen atoms in total. The zero-order valence-corrected chi connectivity index (χ0v) is 17.4. The standard InChI is InChI=1S/C26H29NO2/c1-3-27(22-14-8-11-19-10-4-5-12-20(19)22)23-18-26(16-6-7-17-26)29-25-21(23)13-9-15-24(25)28-2/h4-5,8-15,23H,3,6-7,16-18H2,1-2H3. The number of hydrogen-bond donors (Lipinski definition) is 0. The minimum Gasteiger partial charge on any atom is -0.493 e. The highest BCUT2D eigenvalue weighted by molar-refractivity contribution is 5.94. The summed E-state index contributed by atoms with van der Waals surface area (Å²) in [4.78, 5) is 2.57. The van der Waals surface area contributed by atoms with Crippen LogP contribution in [0.25, 0.3) is 10.8 Å². The summed E-state index contributed by atoms with van der Waals surface area (Å²) < 4.78 is 12.4. The quantitative estimate of drug-likeness (QED) is 0.509. The number of fused-ring (bicyclic) bond motifs is 2. The van der Waals surface area contributed by atoms with Gasteiger partial charge in [-0.3, -0.25) is 0 Å². The maximum atomic E-state index is 6.70. The number of rotatable bonds is 4. The fourth-order valence-electron chi connectivity index (χ4n) is 5.41. The van der Waals surface area contributed by atoms with Crippen LogP contribution < -0.4 is 14.4 Å². The molecule has 0 aromatic heterocycles. The van der Waals surface area contributed by atoms with E-state index < -0.39 is 0 Å². The first-order valence-corrected chi connectivity index (χ1v) is 10.8. The molecule has 1 unspecified atom stereocenters. The van der Waals surface area contributed by atoms with Gasteiger partial charge in [-0.15, -0.1) is 0 Å². The Hall–Kier alpha value is -2.68. The van der Waals surface area contributed by atoms with Crippen molar-refractivity contribution in [2.45, 2.75) is 50.7 Å². The lowest BCUT2D eigenvalue weighted by Gasteiger charge is -2.45. The van der Waals surface area contributed by atoms with Crippen molar-refractivity contribution in [2.75, 3.05) is 18.6 Å². The van der Waals surface area contributed by atoms with Gasteiger partial charge in [0.25, 0.3) is 0 Å². The lowest BCUT2D eigenvalue weighted by molar-refractivity contribution is 0.0382. The third-order valence-corrected chi connectivity index (χ3v) is 6.78. The molecule has 3 aromatic carbocycles. The van der Waals surface area contributed by atoms with Gasteiger partial charge < -0.3 is 14.4 Å². The van der Waals surface area contributed by atoms with Gasteiger partial charge in [0.15, 0.2) is 11.5 Å². The first kappa shape index (κ1) is 18.4. The normalized spacial score (nSPS) is 19.7. The van der Waals surface area contributed by atoms with Crippen LogP contribution in [0.2, 0.25) is 0 Å². The van der Waals surface area contributed by atoms with Crippen molar-refractivity contribution < 1.29 is 9.47 Å². The van der Waals surface area contributed by atoms with Gasteiger partial charge in [-0.2, -0.15) is 0 Å². The molecule has 1 aliphatic heterocycles. The fraction of sp³-hybridized carbons (Fsp3) is 0.385. The van der Waals surface area contributed by atoms with E-state index in [-0.39, 0.29) is 11.6 Å². The van der Waals surface area contributed by atoms with Gasteiger partial charge in [0.2, 0.25) is 0 Å². The predicted molar refractivity (Wildman–Crippen MR) is 119 cm³/mol. The highest BCUT2D eigenvalue weighted by Crippen LogP contribution is 2.53. The van der Waals surface area contributed by atoms with Gasteiger partial charge in [-0.05, 0) is 50.1 Å². The van der Waals surface area contributed by atoms with Crippen molar-refractivity contribution >= 4 is 16.5 Å². The minimum atomic E-state index is -0.0652. The van der Waals surface area contributed by atoms with Gasteiger partial charge in [0.1, 0.15) is 5.60 Å². The van der Waals surface area contributed by atoms with Gasteiger partial charge in [-0.25, -0.2) is 0 Å². The molecule has 3 aromatic rings. The Bertz CT molecular complexity index is 1020. The Balaban J connectivity index is 1.67. The topological polar surface area (TPSA) is 21.7 Å². The van der Waals surface area contributed by atoms with E-state index in [2.05, 4.69) is 66.4 Å². The predicted octanol–water partition coefficient (Wildman–Crippen LogP) is 6.51. The molecule has 5 rings (SSSR count). The summed E-state index contributed by atoms with van der Waals surface area (Å²) in [5.74, 6) is 1.80. The number of hydrogen-bond acceptors (Lipinski definition) is 3. The van der Waals surface area contributed by atoms with Crippen LogP contribution in [0, 0.1) is 0 Å². The van der Waals surface area contributed by atoms with Crippen LogP contribution in [0.3, 0.4) is 0 Å². The molecule has 1 fully saturated rings. The first-order valence-electron chi connectivity index (χ1n) is 10.8. The molecular formula is C26H29NO2. The van der Waals surface area contributed by atoms with Crippen LogP contribution in [0.5, 0.6) is 11.5 Å². The Morgan fingerprint density at radius 2 is 1.76 bits per heavy atom. The Kier molecular flexibility index (Phi) is 4.61. The molecule has 0 amide bonds. The molecule has 0 radical (unpaired) electrons. The molecule has 1 heterocycles. The second kappa shape index (κ2) is 7.29. The summed E-state index contributed by atoms with van der Waals surface area (Å²) in [6.45, 7) is 3.21. The van der Waals surface area contributed by atoms with E-state index >= 15 is 0 Å². The SMILES string of the molecule is CCN(c1cccc2ccccc12)C1CC2(CCCC2)Oc2c(OC)cccc21. The lowest BCUT2D eigenvalue weighted by Crippen LogP contribution is -2.44. The summed E-state index contributed by atoms with van der Waals surface area (Å²) >= 11 is 0. The van der Waals surface area contributed by atoms with Crippen LogP contribution in [-0.4, -0.2) is 19.3 Å². The molecular weight excluding hydrogens is 358 g/mol. The number of ether oxygens (including phenoxy) is 2. The summed E-state index contributed by atoms with van der Waals surface area (Å²) in [7, 11) is 1.74. The van der Waals surface area contributed by atoms with Crippen molar-refractivity contribution in [1.82, 2.24) is 0 Å². The maximum absolute atomic E-state index is 6.70. The number of methoxy groups -OCH3 is 1. The van der Waals surface area contributed by atoms with Gasteiger partial charge in [-0.1, -0.05) is 48.5 Å². The van der Waals surface area contributed by atoms with Crippen LogP contribution in [0.4, 0.5) is 5.69 Å². The number of benzene rings is 3. The average molecular weight is 388 g/mol. The number of para-hydroxylation sites is 1. The van der Waals surface area contributed by atoms with Crippen molar-refractivity contribution in [2.24, 2.45) is 0 Å². The molecule has 1 atom stereocenters. The van der Waals surface area contributed by atoms with Crippen molar-refractivity contribution in [3.8, 4) is 11.5 Å². The number of nitrogens with zero attached hydrogens (tertiary/aromatic N) is 1. The Morgan fingerprint density at radius 1 is 1.00 bits per heavy atom. The Morgan fingerprint density at radius 3 is 2.55 bits per heavy atom. The van der Waals surface area contributed by atoms with E-state index in [1.54, 1.807) is 7.11 Å². The first-order chi connectivity index (χ1) is 14.2. The van der Waals surface area contributed by atoms with Crippen LogP contribution in [-0.2, 0) is 0 Å². The maximum Gasteiger partial charge on any atom is 0.167 e. The highest BCUT2D eigenvalue weighted by Gasteiger charge is 2.45. The molecule has 150 valence electrons. The van der Waals surface area contributed by atoms with Crippen molar-refractivity contribution in [1.29, 1.82) is 0 Å². The van der Waals surface area contributed by atoms with E-state index in [1.807, 2.05) is 6.07 Å². The number of anilines is 1. The second-order valence-corrected chi connectivity index (χ2v) is 8.38. The van der Waals surface area contributed by atoms with E-state index in [1.165, 1.54) is 34.9 Å². The van der Waals surface area contributed by atoms with Crippen molar-refractivity contribution in [3.05, 3.63) is 66.2 Å². The second-order valence-electron chi connectivity index (χ2n) is 8.38. The lowest BCUT2D eigenvalue weighted by atomic mass is 9.84. The van der Waals surface area contributed by atoms with Gasteiger partial charge >= 0.3 is 0 Å². The molecule has 0 saturated heterocycles. The largest absolute Gasteiger partial charge is 0.493 e. The Labute approximate surface area is 173 Å². The average Bonchev–Trinajstić information content (AvgIpc) is 3.21. The monoisotopic (exact) mass is 387 g/mol. The molecule has 1 saturated carbocycles. The van der Waals surface area contributed by atoms with Gasteiger partial charge in [0.05, 0.1) is 13.2 Å². The zero-order chi connectivity index (χ0) is 19.8. The van der Waals surface area contributed by atoms with E-state index in [4.69, 9.17) is 9.47 Å². The van der Waals surface area contributed by atoms with E-state index in [0.717, 1.165) is 37.3 Å². The van der Waals surface area contributed by atoms with Gasteiger partial charge in [0, 0.05) is 29.6 Å². The van der Waals surface area contributed by atoms with Crippen molar-refractivity contribution in [3.63, 3.8) is 0 Å². The smallest absolute Gasteiger partial charge is 0.167 e. The van der Waals surface area contributed by atoms with E-state index in [9.17, 15) is 0 Å². The zero-order valence-electron chi connectivity index (χ0n) is 17.4. The van der Waals surface area contributed by atoms with Crippen LogP contribution in [0.1, 0.15) is 50.6 Å². The van der Waals surface area contributed by atoms with E-state index in [0.29, 0.717) is 0 Å². The molecule has 29 heavy (non-hydrogen) atoms. The molecule has 0 N–H and O–H groups in total. The summed E-state index contributed by atoms with van der Waals surface area (Å²) in [6.07, 6.45) is 5.79. The molecule has 0 bridgehead atoms. The molecule has 1 aliphatic carbocycles. The van der Waals surface area contributed by atoms with Crippen LogP contribution in [0.15, 0.2) is 60.7 Å². The summed E-state index contributed by atoms with van der Waals surface area (Å²) in [6, 6.07) is 22.0. The highest BCUT2D eigenvalue weighted by atomic mass is 16.5. The third-order valence-electron chi connectivity index (χ3n) is 6.78. The third kappa shape index (κ3) is 3.04. The molecule has 1 spiro atoms. The van der Waals surface area contributed by atoms with Crippen LogP contribution >= 0.6 is 0 Å². The fourth-order valence-corrected chi connectivity index (χ4v) is 5.41. The summed E-state index contributed by atoms with van der Waals surface area (Å²) in [5.41, 5.74) is 2.49.